The average molecular weight is 343 g/mol. The third-order valence-electron chi connectivity index (χ3n) is 5.49. The maximum Gasteiger partial charge on any atom is 0.333 e. The molecule has 0 amide bonds. The Morgan fingerprint density at radius 2 is 1.48 bits per heavy atom. The average Bonchev–Trinajstić information content (AvgIpc) is 2.65. The van der Waals surface area contributed by atoms with Crippen molar-refractivity contribution in [3.8, 4) is 0 Å². The molecule has 0 saturated heterocycles. The molecule has 0 heterocycles. The molecule has 0 saturated carbocycles. The van der Waals surface area contributed by atoms with E-state index in [1.807, 2.05) is 0 Å². The molecule has 0 N–H and O–H groups in total. The fraction of sp³-hybridized carbons (Fsp3) is 0.609. The van der Waals surface area contributed by atoms with Crippen LogP contribution in [-0.2, 0) is 16.0 Å². The lowest BCUT2D eigenvalue weighted by Gasteiger charge is -2.22. The molecule has 0 aromatic heterocycles. The van der Waals surface area contributed by atoms with Crippen LogP contribution in [0.1, 0.15) is 87.7 Å². The molecule has 0 aliphatic heterocycles. The van der Waals surface area contributed by atoms with Gasteiger partial charge in [0.2, 0.25) is 0 Å². The second-order valence-corrected chi connectivity index (χ2v) is 7.34. The summed E-state index contributed by atoms with van der Waals surface area (Å²) < 4.78 is 4.97. The second-order valence-electron chi connectivity index (χ2n) is 7.34. The van der Waals surface area contributed by atoms with Gasteiger partial charge in [0.1, 0.15) is 0 Å². The van der Waals surface area contributed by atoms with E-state index < -0.39 is 0 Å². The van der Waals surface area contributed by atoms with Crippen molar-refractivity contribution in [1.29, 1.82) is 0 Å². The number of benzene rings is 1. The van der Waals surface area contributed by atoms with Crippen LogP contribution in [0.2, 0.25) is 0 Å². The number of carbonyl (C=O) groups excluding carboxylic acids is 1. The maximum absolute atomic E-state index is 12.1. The quantitative estimate of drug-likeness (QED) is 0.462. The number of fused-ring (bicyclic) bond motifs is 1. The molecule has 0 bridgehead atoms. The van der Waals surface area contributed by atoms with Crippen molar-refractivity contribution in [2.45, 2.75) is 83.0 Å². The van der Waals surface area contributed by atoms with E-state index in [0.717, 1.165) is 19.3 Å². The summed E-state index contributed by atoms with van der Waals surface area (Å²) in [4.78, 5) is 12.1. The Kier molecular flexibility index (Phi) is 8.79. The van der Waals surface area contributed by atoms with Crippen LogP contribution < -0.4 is 0 Å². The Balaban J connectivity index is 2.19. The number of carbonyl (C=O) groups is 1. The van der Waals surface area contributed by atoms with Crippen LogP contribution >= 0.6 is 0 Å². The van der Waals surface area contributed by atoms with Crippen LogP contribution in [0.5, 0.6) is 0 Å². The van der Waals surface area contributed by atoms with Gasteiger partial charge in [0.15, 0.2) is 0 Å². The van der Waals surface area contributed by atoms with Crippen molar-refractivity contribution in [1.82, 2.24) is 0 Å². The van der Waals surface area contributed by atoms with Crippen LogP contribution in [0.4, 0.5) is 0 Å². The van der Waals surface area contributed by atoms with E-state index in [9.17, 15) is 4.79 Å². The van der Waals surface area contributed by atoms with E-state index in [1.54, 1.807) is 0 Å². The van der Waals surface area contributed by atoms with E-state index in [2.05, 4.69) is 30.8 Å². The first-order chi connectivity index (χ1) is 12.2. The number of aryl methyl sites for hydroxylation is 1. The van der Waals surface area contributed by atoms with Gasteiger partial charge in [-0.25, -0.2) is 4.79 Å². The highest BCUT2D eigenvalue weighted by Gasteiger charge is 2.23. The predicted octanol–water partition coefficient (Wildman–Crippen LogP) is 6.35. The molecule has 2 rings (SSSR count). The van der Waals surface area contributed by atoms with Gasteiger partial charge in [-0.1, -0.05) is 88.6 Å². The highest BCUT2D eigenvalue weighted by atomic mass is 16.5. The highest BCUT2D eigenvalue weighted by Crippen LogP contribution is 2.33. The zero-order valence-electron chi connectivity index (χ0n) is 15.9. The number of methoxy groups -OCH3 is 1. The van der Waals surface area contributed by atoms with Crippen LogP contribution in [0, 0.1) is 0 Å². The Morgan fingerprint density at radius 1 is 0.920 bits per heavy atom. The van der Waals surface area contributed by atoms with E-state index in [4.69, 9.17) is 4.74 Å². The van der Waals surface area contributed by atoms with Gasteiger partial charge >= 0.3 is 5.97 Å². The molecular weight excluding hydrogens is 308 g/mol. The Labute approximate surface area is 153 Å². The monoisotopic (exact) mass is 342 g/mol. The molecule has 1 aliphatic rings. The van der Waals surface area contributed by atoms with E-state index >= 15 is 0 Å². The van der Waals surface area contributed by atoms with E-state index in [0.29, 0.717) is 5.57 Å². The summed E-state index contributed by atoms with van der Waals surface area (Å²) in [5.74, 6) is -0.175. The van der Waals surface area contributed by atoms with Crippen molar-refractivity contribution in [3.05, 3.63) is 47.5 Å². The SMILES string of the molecule is C=C(C(=O)OC)C1CCCCCCCCCCCCc2ccccc21. The molecule has 2 heteroatoms. The summed E-state index contributed by atoms with van der Waals surface area (Å²) in [5, 5.41) is 0. The van der Waals surface area contributed by atoms with Crippen molar-refractivity contribution >= 4 is 5.97 Å². The number of esters is 1. The van der Waals surface area contributed by atoms with E-state index in [-0.39, 0.29) is 11.9 Å². The van der Waals surface area contributed by atoms with Crippen LogP contribution in [-0.4, -0.2) is 13.1 Å². The highest BCUT2D eigenvalue weighted by molar-refractivity contribution is 5.89. The van der Waals surface area contributed by atoms with Gasteiger partial charge in [-0.3, -0.25) is 0 Å². The zero-order valence-corrected chi connectivity index (χ0v) is 15.9. The Hall–Kier alpha value is -1.57. The number of hydrogen-bond acceptors (Lipinski definition) is 2. The minimum atomic E-state index is -0.266. The van der Waals surface area contributed by atoms with Gasteiger partial charge in [-0.15, -0.1) is 0 Å². The molecule has 1 aromatic carbocycles. The lowest BCUT2D eigenvalue weighted by Crippen LogP contribution is -2.14. The summed E-state index contributed by atoms with van der Waals surface area (Å²) in [6.07, 6.45) is 15.2. The molecule has 0 spiro atoms. The summed E-state index contributed by atoms with van der Waals surface area (Å²) in [6, 6.07) is 8.62. The lowest BCUT2D eigenvalue weighted by atomic mass is 9.83. The molecule has 0 fully saturated rings. The molecular formula is C23H34O2. The third kappa shape index (κ3) is 6.34. The van der Waals surface area contributed by atoms with Crippen molar-refractivity contribution in [2.24, 2.45) is 0 Å². The van der Waals surface area contributed by atoms with Gasteiger partial charge in [-0.05, 0) is 30.4 Å². The second kappa shape index (κ2) is 11.1. The third-order valence-corrected chi connectivity index (χ3v) is 5.49. The van der Waals surface area contributed by atoms with Crippen molar-refractivity contribution < 1.29 is 9.53 Å². The summed E-state index contributed by atoms with van der Waals surface area (Å²) in [6.45, 7) is 4.09. The lowest BCUT2D eigenvalue weighted by molar-refractivity contribution is -0.136. The largest absolute Gasteiger partial charge is 0.466 e. The number of hydrogen-bond donors (Lipinski definition) is 0. The predicted molar refractivity (Wildman–Crippen MR) is 105 cm³/mol. The molecule has 1 unspecified atom stereocenters. The standard InChI is InChI=1S/C23H34O2/c1-19(23(24)25-2)21-17-12-10-8-6-4-3-5-7-9-11-15-20-16-13-14-18-22(20)21/h13-14,16,18,21H,1,3-12,15,17H2,2H3. The Morgan fingerprint density at radius 3 is 2.12 bits per heavy atom. The van der Waals surface area contributed by atoms with Crippen LogP contribution in [0.3, 0.4) is 0 Å². The minimum absolute atomic E-state index is 0.0915. The fourth-order valence-corrected chi connectivity index (χ4v) is 3.97. The first kappa shape index (κ1) is 19.8. The molecule has 2 nitrogen and oxygen atoms in total. The smallest absolute Gasteiger partial charge is 0.333 e. The normalized spacial score (nSPS) is 20.6. The van der Waals surface area contributed by atoms with Crippen molar-refractivity contribution in [2.75, 3.05) is 7.11 Å². The first-order valence-electron chi connectivity index (χ1n) is 10.1. The molecule has 0 radical (unpaired) electrons. The van der Waals surface area contributed by atoms with Gasteiger partial charge in [-0.2, -0.15) is 0 Å². The topological polar surface area (TPSA) is 26.3 Å². The van der Waals surface area contributed by atoms with Gasteiger partial charge in [0.25, 0.3) is 0 Å². The fourth-order valence-electron chi connectivity index (χ4n) is 3.97. The molecule has 138 valence electrons. The van der Waals surface area contributed by atoms with Gasteiger partial charge < -0.3 is 4.74 Å². The maximum atomic E-state index is 12.1. The van der Waals surface area contributed by atoms with E-state index in [1.165, 1.54) is 76.0 Å². The van der Waals surface area contributed by atoms with Crippen LogP contribution in [0.15, 0.2) is 36.4 Å². The Bertz CT molecular complexity index is 547. The number of rotatable bonds is 2. The summed E-state index contributed by atoms with van der Waals surface area (Å²) in [7, 11) is 1.45. The van der Waals surface area contributed by atoms with Crippen molar-refractivity contribution in [3.63, 3.8) is 0 Å². The molecule has 1 atom stereocenters. The van der Waals surface area contributed by atoms with Gasteiger partial charge in [0.05, 0.1) is 7.11 Å². The summed E-state index contributed by atoms with van der Waals surface area (Å²) >= 11 is 0. The minimum Gasteiger partial charge on any atom is -0.466 e. The van der Waals surface area contributed by atoms with Gasteiger partial charge in [0, 0.05) is 11.5 Å². The number of ether oxygens (including phenoxy) is 1. The summed E-state index contributed by atoms with van der Waals surface area (Å²) in [5.41, 5.74) is 3.28. The molecule has 1 aromatic rings. The first-order valence-corrected chi connectivity index (χ1v) is 10.1. The van der Waals surface area contributed by atoms with Crippen LogP contribution in [0.25, 0.3) is 0 Å². The molecule has 25 heavy (non-hydrogen) atoms. The zero-order chi connectivity index (χ0) is 17.9. The molecule has 1 aliphatic carbocycles.